The van der Waals surface area contributed by atoms with E-state index in [2.05, 4.69) is 10.7 Å². The molecule has 2 N–H and O–H groups in total. The first-order valence-electron chi connectivity index (χ1n) is 4.44. The van der Waals surface area contributed by atoms with E-state index in [0.29, 0.717) is 6.54 Å². The van der Waals surface area contributed by atoms with Crippen LogP contribution in [0.3, 0.4) is 0 Å². The summed E-state index contributed by atoms with van der Waals surface area (Å²) >= 11 is 0. The Morgan fingerprint density at radius 1 is 1.29 bits per heavy atom. The molecule has 0 radical (unpaired) electrons. The molecule has 4 heteroatoms. The van der Waals surface area contributed by atoms with E-state index >= 15 is 0 Å². The Balaban J connectivity index is 2.31. The lowest BCUT2D eigenvalue weighted by Gasteiger charge is -2.12. The highest BCUT2D eigenvalue weighted by Gasteiger charge is 1.99. The molecule has 0 aliphatic carbocycles. The second-order valence-corrected chi connectivity index (χ2v) is 3.17. The summed E-state index contributed by atoms with van der Waals surface area (Å²) in [4.78, 5) is 11.2. The predicted molar refractivity (Wildman–Crippen MR) is 55.5 cm³/mol. The molecular formula is C10H15N3O. The Bertz CT molecular complexity index is 285. The normalized spacial score (nSPS) is 9.93. The van der Waals surface area contributed by atoms with E-state index in [4.69, 9.17) is 0 Å². The maximum absolute atomic E-state index is 11.2. The Morgan fingerprint density at radius 2 is 1.93 bits per heavy atom. The number of rotatable bonds is 3. The molecule has 0 spiro atoms. The molecule has 0 aromatic heterocycles. The Hall–Kier alpha value is -1.55. The third-order valence-electron chi connectivity index (χ3n) is 1.62. The van der Waals surface area contributed by atoms with Crippen molar-refractivity contribution in [1.82, 2.24) is 15.8 Å². The molecule has 0 saturated heterocycles. The number of urea groups is 1. The van der Waals surface area contributed by atoms with E-state index in [9.17, 15) is 4.79 Å². The van der Waals surface area contributed by atoms with Gasteiger partial charge < -0.3 is 5.32 Å². The van der Waals surface area contributed by atoms with Crippen LogP contribution in [0.2, 0.25) is 0 Å². The first-order valence-corrected chi connectivity index (χ1v) is 4.44. The minimum Gasteiger partial charge on any atom is -0.333 e. The maximum Gasteiger partial charge on any atom is 0.329 e. The summed E-state index contributed by atoms with van der Waals surface area (Å²) < 4.78 is 0. The van der Waals surface area contributed by atoms with Crippen molar-refractivity contribution in [1.29, 1.82) is 0 Å². The number of hydrogen-bond acceptors (Lipinski definition) is 2. The molecule has 0 saturated carbocycles. The van der Waals surface area contributed by atoms with Gasteiger partial charge in [0.1, 0.15) is 0 Å². The molecular weight excluding hydrogens is 178 g/mol. The van der Waals surface area contributed by atoms with Crippen LogP contribution >= 0.6 is 0 Å². The molecule has 0 atom stereocenters. The zero-order valence-electron chi connectivity index (χ0n) is 8.45. The van der Waals surface area contributed by atoms with Crippen molar-refractivity contribution < 1.29 is 4.79 Å². The fourth-order valence-electron chi connectivity index (χ4n) is 1.02. The van der Waals surface area contributed by atoms with Crippen molar-refractivity contribution in [2.45, 2.75) is 6.54 Å². The minimum atomic E-state index is -0.196. The van der Waals surface area contributed by atoms with Gasteiger partial charge in [0.15, 0.2) is 0 Å². The third kappa shape index (κ3) is 3.91. The Labute approximate surface area is 83.9 Å². The largest absolute Gasteiger partial charge is 0.333 e. The van der Waals surface area contributed by atoms with Crippen molar-refractivity contribution in [2.75, 3.05) is 14.1 Å². The minimum absolute atomic E-state index is 0.196. The quantitative estimate of drug-likeness (QED) is 0.702. The smallest absolute Gasteiger partial charge is 0.329 e. The number of nitrogens with zero attached hydrogens (tertiary/aromatic N) is 1. The average molecular weight is 193 g/mol. The molecule has 0 fully saturated rings. The van der Waals surface area contributed by atoms with Gasteiger partial charge in [-0.2, -0.15) is 0 Å². The van der Waals surface area contributed by atoms with Crippen molar-refractivity contribution in [2.24, 2.45) is 0 Å². The summed E-state index contributed by atoms with van der Waals surface area (Å²) in [5, 5.41) is 4.34. The van der Waals surface area contributed by atoms with Crippen LogP contribution in [0.25, 0.3) is 0 Å². The van der Waals surface area contributed by atoms with Gasteiger partial charge in [0.2, 0.25) is 0 Å². The van der Waals surface area contributed by atoms with Gasteiger partial charge in [-0.25, -0.2) is 9.80 Å². The number of nitrogens with one attached hydrogen (secondary N) is 2. The van der Waals surface area contributed by atoms with E-state index in [-0.39, 0.29) is 6.03 Å². The molecule has 1 aromatic rings. The van der Waals surface area contributed by atoms with Gasteiger partial charge in [-0.1, -0.05) is 30.3 Å². The number of hydrazine groups is 1. The van der Waals surface area contributed by atoms with E-state index in [1.165, 1.54) is 0 Å². The maximum atomic E-state index is 11.2. The van der Waals surface area contributed by atoms with E-state index in [1.54, 1.807) is 19.1 Å². The second kappa shape index (κ2) is 5.24. The summed E-state index contributed by atoms with van der Waals surface area (Å²) in [5.41, 5.74) is 3.68. The number of carbonyl (C=O) groups is 1. The zero-order valence-corrected chi connectivity index (χ0v) is 8.45. The van der Waals surface area contributed by atoms with Crippen molar-refractivity contribution in [3.8, 4) is 0 Å². The van der Waals surface area contributed by atoms with Crippen LogP contribution in [0.15, 0.2) is 30.3 Å². The van der Waals surface area contributed by atoms with Crippen LogP contribution in [0.4, 0.5) is 4.79 Å². The Morgan fingerprint density at radius 3 is 2.50 bits per heavy atom. The predicted octanol–water partition coefficient (Wildman–Crippen LogP) is 0.962. The van der Waals surface area contributed by atoms with E-state index < -0.39 is 0 Å². The first-order chi connectivity index (χ1) is 6.68. The third-order valence-corrected chi connectivity index (χ3v) is 1.62. The SMILES string of the molecule is CN(C)NC(=O)NCc1ccccc1. The van der Waals surface area contributed by atoms with Crippen LogP contribution < -0.4 is 10.7 Å². The van der Waals surface area contributed by atoms with Gasteiger partial charge in [-0.15, -0.1) is 0 Å². The van der Waals surface area contributed by atoms with Gasteiger partial charge in [-0.05, 0) is 5.56 Å². The lowest BCUT2D eigenvalue weighted by Crippen LogP contribution is -2.42. The van der Waals surface area contributed by atoms with Gasteiger partial charge in [0, 0.05) is 20.6 Å². The summed E-state index contributed by atoms with van der Waals surface area (Å²) in [7, 11) is 3.53. The average Bonchev–Trinajstić information content (AvgIpc) is 2.15. The standard InChI is InChI=1S/C10H15N3O/c1-13(2)12-10(14)11-8-9-6-4-3-5-7-9/h3-7H,8H2,1-2H3,(H2,11,12,14). The van der Waals surface area contributed by atoms with Crippen LogP contribution in [-0.4, -0.2) is 25.1 Å². The molecule has 1 aromatic carbocycles. The molecule has 2 amide bonds. The number of amides is 2. The summed E-state index contributed by atoms with van der Waals surface area (Å²) in [6.45, 7) is 0.542. The van der Waals surface area contributed by atoms with Gasteiger partial charge in [-0.3, -0.25) is 5.43 Å². The fourth-order valence-corrected chi connectivity index (χ4v) is 1.02. The molecule has 0 heterocycles. The highest BCUT2D eigenvalue weighted by atomic mass is 16.2. The highest BCUT2D eigenvalue weighted by molar-refractivity contribution is 5.73. The van der Waals surface area contributed by atoms with E-state index in [0.717, 1.165) is 5.56 Å². The summed E-state index contributed by atoms with van der Waals surface area (Å²) in [6, 6.07) is 9.58. The molecule has 0 aliphatic heterocycles. The van der Waals surface area contributed by atoms with E-state index in [1.807, 2.05) is 30.3 Å². The van der Waals surface area contributed by atoms with Gasteiger partial charge in [0.25, 0.3) is 0 Å². The monoisotopic (exact) mass is 193 g/mol. The second-order valence-electron chi connectivity index (χ2n) is 3.17. The Kier molecular flexibility index (Phi) is 3.94. The van der Waals surface area contributed by atoms with Gasteiger partial charge >= 0.3 is 6.03 Å². The molecule has 14 heavy (non-hydrogen) atoms. The molecule has 0 unspecified atom stereocenters. The van der Waals surface area contributed by atoms with Crippen molar-refractivity contribution >= 4 is 6.03 Å². The molecule has 0 bridgehead atoms. The molecule has 0 aliphatic rings. The molecule has 76 valence electrons. The zero-order chi connectivity index (χ0) is 10.4. The van der Waals surface area contributed by atoms with Gasteiger partial charge in [0.05, 0.1) is 0 Å². The van der Waals surface area contributed by atoms with Crippen molar-refractivity contribution in [3.05, 3.63) is 35.9 Å². The summed E-state index contributed by atoms with van der Waals surface area (Å²) in [5.74, 6) is 0. The molecule has 1 rings (SSSR count). The number of hydrogen-bond donors (Lipinski definition) is 2. The highest BCUT2D eigenvalue weighted by Crippen LogP contribution is 1.96. The first kappa shape index (κ1) is 10.5. The van der Waals surface area contributed by atoms with Crippen molar-refractivity contribution in [3.63, 3.8) is 0 Å². The lowest BCUT2D eigenvalue weighted by atomic mass is 10.2. The van der Waals surface area contributed by atoms with Crippen LogP contribution in [0.5, 0.6) is 0 Å². The number of carbonyl (C=O) groups excluding carboxylic acids is 1. The topological polar surface area (TPSA) is 44.4 Å². The molecule has 4 nitrogen and oxygen atoms in total. The summed E-state index contributed by atoms with van der Waals surface area (Å²) in [6.07, 6.45) is 0. The fraction of sp³-hybridized carbons (Fsp3) is 0.300. The van der Waals surface area contributed by atoms with Crippen LogP contribution in [-0.2, 0) is 6.54 Å². The lowest BCUT2D eigenvalue weighted by molar-refractivity contribution is 0.212. The van der Waals surface area contributed by atoms with Crippen LogP contribution in [0.1, 0.15) is 5.56 Å². The number of benzene rings is 1. The van der Waals surface area contributed by atoms with Crippen LogP contribution in [0, 0.1) is 0 Å².